The predicted octanol–water partition coefficient (Wildman–Crippen LogP) is 2.53. The van der Waals surface area contributed by atoms with E-state index in [-0.39, 0.29) is 12.5 Å². The maximum absolute atomic E-state index is 13.9. The smallest absolute Gasteiger partial charge is 0.113 e. The molecule has 0 aromatic rings. The van der Waals surface area contributed by atoms with Gasteiger partial charge < -0.3 is 5.11 Å². The second-order valence-corrected chi connectivity index (χ2v) is 4.32. The fourth-order valence-electron chi connectivity index (χ4n) is 1.92. The highest BCUT2D eigenvalue weighted by Gasteiger charge is 2.37. The Morgan fingerprint density at radius 2 is 1.92 bits per heavy atom. The molecule has 1 aliphatic rings. The van der Waals surface area contributed by atoms with E-state index in [1.165, 1.54) is 0 Å². The SMILES string of the molecule is CC(C)C1(F)CCC(CO)CC1. The summed E-state index contributed by atoms with van der Waals surface area (Å²) >= 11 is 0. The molecule has 0 amide bonds. The van der Waals surface area contributed by atoms with Crippen LogP contribution < -0.4 is 0 Å². The molecule has 0 spiro atoms. The zero-order valence-corrected chi connectivity index (χ0v) is 8.02. The highest BCUT2D eigenvalue weighted by molar-refractivity contribution is 4.88. The first kappa shape index (κ1) is 9.97. The summed E-state index contributed by atoms with van der Waals surface area (Å²) in [5, 5.41) is 8.88. The first-order valence-corrected chi connectivity index (χ1v) is 4.88. The van der Waals surface area contributed by atoms with E-state index < -0.39 is 5.67 Å². The third kappa shape index (κ3) is 1.98. The fraction of sp³-hybridized carbons (Fsp3) is 1.00. The second-order valence-electron chi connectivity index (χ2n) is 4.32. The Balaban J connectivity index is 2.44. The first-order chi connectivity index (χ1) is 5.58. The lowest BCUT2D eigenvalue weighted by Crippen LogP contribution is -2.35. The lowest BCUT2D eigenvalue weighted by atomic mass is 9.75. The fourth-order valence-corrected chi connectivity index (χ4v) is 1.92. The van der Waals surface area contributed by atoms with Crippen LogP contribution in [0.5, 0.6) is 0 Å². The Morgan fingerprint density at radius 3 is 2.25 bits per heavy atom. The van der Waals surface area contributed by atoms with Crippen LogP contribution in [0, 0.1) is 11.8 Å². The molecule has 1 N–H and O–H groups in total. The summed E-state index contributed by atoms with van der Waals surface area (Å²) < 4.78 is 13.9. The number of aliphatic hydroxyl groups excluding tert-OH is 1. The van der Waals surface area contributed by atoms with Gasteiger partial charge in [-0.05, 0) is 37.5 Å². The van der Waals surface area contributed by atoms with E-state index in [2.05, 4.69) is 0 Å². The summed E-state index contributed by atoms with van der Waals surface area (Å²) in [6.07, 6.45) is 2.97. The van der Waals surface area contributed by atoms with Crippen LogP contribution >= 0.6 is 0 Å². The number of halogens is 1. The lowest BCUT2D eigenvalue weighted by molar-refractivity contribution is 0.0255. The summed E-state index contributed by atoms with van der Waals surface area (Å²) in [7, 11) is 0. The summed E-state index contributed by atoms with van der Waals surface area (Å²) in [5.74, 6) is 0.477. The maximum atomic E-state index is 13.9. The molecule has 0 atom stereocenters. The average molecular weight is 174 g/mol. The molecule has 1 rings (SSSR count). The van der Waals surface area contributed by atoms with Crippen molar-refractivity contribution in [2.45, 2.75) is 45.2 Å². The third-order valence-electron chi connectivity index (χ3n) is 3.23. The van der Waals surface area contributed by atoms with Crippen molar-refractivity contribution >= 4 is 0 Å². The summed E-state index contributed by atoms with van der Waals surface area (Å²) in [6, 6.07) is 0. The van der Waals surface area contributed by atoms with E-state index in [0.29, 0.717) is 18.8 Å². The maximum Gasteiger partial charge on any atom is 0.113 e. The van der Waals surface area contributed by atoms with Crippen LogP contribution in [0.4, 0.5) is 4.39 Å². The van der Waals surface area contributed by atoms with Crippen LogP contribution in [0.15, 0.2) is 0 Å². The molecule has 12 heavy (non-hydrogen) atoms. The Bertz CT molecular complexity index is 137. The Morgan fingerprint density at radius 1 is 1.42 bits per heavy atom. The Labute approximate surface area is 74.0 Å². The third-order valence-corrected chi connectivity index (χ3v) is 3.23. The topological polar surface area (TPSA) is 20.2 Å². The van der Waals surface area contributed by atoms with Crippen LogP contribution in [-0.2, 0) is 0 Å². The van der Waals surface area contributed by atoms with Crippen LogP contribution in [-0.4, -0.2) is 17.4 Å². The van der Waals surface area contributed by atoms with Crippen molar-refractivity contribution in [3.8, 4) is 0 Å². The predicted molar refractivity (Wildman–Crippen MR) is 47.7 cm³/mol. The highest BCUT2D eigenvalue weighted by Crippen LogP contribution is 2.39. The van der Waals surface area contributed by atoms with Crippen molar-refractivity contribution in [1.29, 1.82) is 0 Å². The minimum Gasteiger partial charge on any atom is -0.396 e. The van der Waals surface area contributed by atoms with Crippen LogP contribution in [0.25, 0.3) is 0 Å². The van der Waals surface area contributed by atoms with Crippen LogP contribution in [0.1, 0.15) is 39.5 Å². The zero-order valence-electron chi connectivity index (χ0n) is 8.02. The zero-order chi connectivity index (χ0) is 9.19. The molecule has 1 saturated carbocycles. The molecular weight excluding hydrogens is 155 g/mol. The van der Waals surface area contributed by atoms with E-state index in [4.69, 9.17) is 5.11 Å². The van der Waals surface area contributed by atoms with Crippen LogP contribution in [0.2, 0.25) is 0 Å². The summed E-state index contributed by atoms with van der Waals surface area (Å²) in [4.78, 5) is 0. The number of alkyl halides is 1. The van der Waals surface area contributed by atoms with Gasteiger partial charge in [-0.3, -0.25) is 0 Å². The van der Waals surface area contributed by atoms with E-state index in [0.717, 1.165) is 12.8 Å². The number of aliphatic hydroxyl groups is 1. The molecule has 0 aromatic carbocycles. The quantitative estimate of drug-likeness (QED) is 0.682. The molecule has 0 unspecified atom stereocenters. The van der Waals surface area contributed by atoms with Crippen molar-refractivity contribution in [2.24, 2.45) is 11.8 Å². The molecule has 1 fully saturated rings. The van der Waals surface area contributed by atoms with Gasteiger partial charge in [0.2, 0.25) is 0 Å². The van der Waals surface area contributed by atoms with Crippen LogP contribution in [0.3, 0.4) is 0 Å². The molecule has 0 heterocycles. The molecule has 0 radical (unpaired) electrons. The van der Waals surface area contributed by atoms with Crippen molar-refractivity contribution in [3.05, 3.63) is 0 Å². The number of hydrogen-bond donors (Lipinski definition) is 1. The van der Waals surface area contributed by atoms with Gasteiger partial charge in [-0.2, -0.15) is 0 Å². The minimum atomic E-state index is -0.953. The van der Waals surface area contributed by atoms with Gasteiger partial charge in [-0.25, -0.2) is 4.39 Å². The molecule has 0 aromatic heterocycles. The molecular formula is C10H19FO. The largest absolute Gasteiger partial charge is 0.396 e. The van der Waals surface area contributed by atoms with Gasteiger partial charge in [-0.15, -0.1) is 0 Å². The van der Waals surface area contributed by atoms with Crippen molar-refractivity contribution in [1.82, 2.24) is 0 Å². The monoisotopic (exact) mass is 174 g/mol. The molecule has 72 valence electrons. The van der Waals surface area contributed by atoms with Gasteiger partial charge in [0.15, 0.2) is 0 Å². The molecule has 1 aliphatic carbocycles. The van der Waals surface area contributed by atoms with Gasteiger partial charge in [0.1, 0.15) is 5.67 Å². The van der Waals surface area contributed by atoms with Crippen molar-refractivity contribution in [3.63, 3.8) is 0 Å². The summed E-state index contributed by atoms with van der Waals surface area (Å²) in [6.45, 7) is 4.12. The first-order valence-electron chi connectivity index (χ1n) is 4.88. The van der Waals surface area contributed by atoms with E-state index >= 15 is 0 Å². The van der Waals surface area contributed by atoms with Gasteiger partial charge in [0.25, 0.3) is 0 Å². The molecule has 0 bridgehead atoms. The van der Waals surface area contributed by atoms with Gasteiger partial charge in [0.05, 0.1) is 0 Å². The number of hydrogen-bond acceptors (Lipinski definition) is 1. The standard InChI is InChI=1S/C10H19FO/c1-8(2)10(11)5-3-9(7-12)4-6-10/h8-9,12H,3-7H2,1-2H3. The van der Waals surface area contributed by atoms with Gasteiger partial charge in [0, 0.05) is 6.61 Å². The Hall–Kier alpha value is -0.110. The Kier molecular flexibility index (Phi) is 3.10. The number of rotatable bonds is 2. The van der Waals surface area contributed by atoms with Crippen molar-refractivity contribution < 1.29 is 9.50 Å². The highest BCUT2D eigenvalue weighted by atomic mass is 19.1. The molecule has 2 heteroatoms. The normalized spacial score (nSPS) is 37.2. The van der Waals surface area contributed by atoms with Gasteiger partial charge in [-0.1, -0.05) is 13.8 Å². The summed E-state index contributed by atoms with van der Waals surface area (Å²) in [5.41, 5.74) is -0.953. The lowest BCUT2D eigenvalue weighted by Gasteiger charge is -2.36. The van der Waals surface area contributed by atoms with E-state index in [9.17, 15) is 4.39 Å². The minimum absolute atomic E-state index is 0.122. The van der Waals surface area contributed by atoms with Crippen molar-refractivity contribution in [2.75, 3.05) is 6.61 Å². The second kappa shape index (κ2) is 3.73. The van der Waals surface area contributed by atoms with Gasteiger partial charge >= 0.3 is 0 Å². The molecule has 1 nitrogen and oxygen atoms in total. The molecule has 0 saturated heterocycles. The van der Waals surface area contributed by atoms with E-state index in [1.807, 2.05) is 13.8 Å². The van der Waals surface area contributed by atoms with E-state index in [1.54, 1.807) is 0 Å². The average Bonchev–Trinajstić information content (AvgIpc) is 2.06. The molecule has 0 aliphatic heterocycles.